The third kappa shape index (κ3) is 8.06. The van der Waals surface area contributed by atoms with Crippen LogP contribution in [0.4, 0.5) is 0 Å². The summed E-state index contributed by atoms with van der Waals surface area (Å²) < 4.78 is 6.03. The lowest BCUT2D eigenvalue weighted by molar-refractivity contribution is -0.121. The van der Waals surface area contributed by atoms with Crippen LogP contribution in [0.15, 0.2) is 24.3 Å². The van der Waals surface area contributed by atoms with Gasteiger partial charge in [0, 0.05) is 31.6 Å². The molecule has 1 aliphatic rings. The quantitative estimate of drug-likeness (QED) is 0.497. The number of aliphatic hydroxyl groups is 1. The third-order valence-corrected chi connectivity index (χ3v) is 4.02. The van der Waals surface area contributed by atoms with Crippen LogP contribution in [-0.2, 0) is 4.79 Å². The first-order chi connectivity index (χ1) is 12.3. The van der Waals surface area contributed by atoms with Gasteiger partial charge < -0.3 is 20.5 Å². The van der Waals surface area contributed by atoms with Crippen LogP contribution in [0.1, 0.15) is 44.1 Å². The minimum Gasteiger partial charge on any atom is -0.490 e. The van der Waals surface area contributed by atoms with Crippen molar-refractivity contribution in [3.8, 4) is 17.6 Å². The summed E-state index contributed by atoms with van der Waals surface area (Å²) in [6, 6.07) is 7.93. The molecule has 0 spiro atoms. The Morgan fingerprint density at radius 2 is 2.16 bits per heavy atom. The highest BCUT2D eigenvalue weighted by molar-refractivity contribution is 5.75. The Bertz CT molecular complexity index is 586. The third-order valence-electron chi connectivity index (χ3n) is 4.02. The van der Waals surface area contributed by atoms with Gasteiger partial charge in [-0.15, -0.1) is 0 Å². The molecule has 1 aromatic carbocycles. The van der Waals surface area contributed by atoms with E-state index in [4.69, 9.17) is 9.84 Å². The van der Waals surface area contributed by atoms with Crippen molar-refractivity contribution in [2.75, 3.05) is 26.2 Å². The average Bonchev–Trinajstić information content (AvgIpc) is 2.64. The molecule has 0 atom stereocenters. The van der Waals surface area contributed by atoms with Crippen LogP contribution in [0.5, 0.6) is 5.75 Å². The zero-order chi connectivity index (χ0) is 17.7. The molecule has 1 aliphatic heterocycles. The van der Waals surface area contributed by atoms with E-state index in [9.17, 15) is 4.79 Å². The Hall–Kier alpha value is -2.03. The predicted octanol–water partition coefficient (Wildman–Crippen LogP) is 1.84. The molecule has 1 fully saturated rings. The van der Waals surface area contributed by atoms with Crippen molar-refractivity contribution >= 4 is 5.91 Å². The largest absolute Gasteiger partial charge is 0.490 e. The van der Waals surface area contributed by atoms with E-state index in [-0.39, 0.29) is 12.5 Å². The van der Waals surface area contributed by atoms with Crippen molar-refractivity contribution in [2.24, 2.45) is 0 Å². The first-order valence-electron chi connectivity index (χ1n) is 9.12. The van der Waals surface area contributed by atoms with Gasteiger partial charge in [-0.1, -0.05) is 17.9 Å². The molecule has 2 rings (SSSR count). The van der Waals surface area contributed by atoms with E-state index in [2.05, 4.69) is 22.5 Å². The van der Waals surface area contributed by atoms with Crippen molar-refractivity contribution in [1.29, 1.82) is 0 Å². The molecule has 0 saturated carbocycles. The molecule has 0 aromatic heterocycles. The van der Waals surface area contributed by atoms with Gasteiger partial charge in [-0.25, -0.2) is 0 Å². The molecule has 0 bridgehead atoms. The molecular weight excluding hydrogens is 316 g/mol. The molecule has 1 saturated heterocycles. The lowest BCUT2D eigenvalue weighted by atomic mass is 10.1. The maximum absolute atomic E-state index is 11.4. The van der Waals surface area contributed by atoms with E-state index >= 15 is 0 Å². The molecule has 1 amide bonds. The minimum absolute atomic E-state index is 0.00947. The van der Waals surface area contributed by atoms with Crippen LogP contribution in [0, 0.1) is 11.8 Å². The molecule has 5 nitrogen and oxygen atoms in total. The van der Waals surface area contributed by atoms with Gasteiger partial charge in [0.2, 0.25) is 5.91 Å². The van der Waals surface area contributed by atoms with E-state index in [0.717, 1.165) is 50.1 Å². The number of hydrogen-bond donors (Lipinski definition) is 3. The van der Waals surface area contributed by atoms with Gasteiger partial charge in [0.25, 0.3) is 0 Å². The number of piperidine rings is 1. The number of aliphatic hydroxyl groups excluding tert-OH is 1. The van der Waals surface area contributed by atoms with Crippen molar-refractivity contribution in [3.63, 3.8) is 0 Å². The Balaban J connectivity index is 1.69. The van der Waals surface area contributed by atoms with Crippen molar-refractivity contribution in [1.82, 2.24) is 10.6 Å². The van der Waals surface area contributed by atoms with Gasteiger partial charge in [-0.05, 0) is 57.0 Å². The van der Waals surface area contributed by atoms with Crippen LogP contribution < -0.4 is 15.4 Å². The topological polar surface area (TPSA) is 70.6 Å². The summed E-state index contributed by atoms with van der Waals surface area (Å²) >= 11 is 0. The highest BCUT2D eigenvalue weighted by Crippen LogP contribution is 2.17. The van der Waals surface area contributed by atoms with E-state index in [1.165, 1.54) is 0 Å². The maximum atomic E-state index is 11.4. The summed E-state index contributed by atoms with van der Waals surface area (Å²) in [6.45, 7) is 2.71. The number of carbonyl (C=O) groups is 1. The second-order valence-electron chi connectivity index (χ2n) is 6.18. The lowest BCUT2D eigenvalue weighted by Crippen LogP contribution is -2.34. The van der Waals surface area contributed by atoms with E-state index in [1.807, 2.05) is 24.3 Å². The molecule has 5 heteroatoms. The number of hydrogen-bond acceptors (Lipinski definition) is 4. The fraction of sp³-hybridized carbons (Fsp3) is 0.550. The average molecular weight is 344 g/mol. The zero-order valence-electron chi connectivity index (χ0n) is 14.7. The fourth-order valence-corrected chi connectivity index (χ4v) is 2.65. The number of unbranched alkanes of at least 4 members (excludes halogenated alkanes) is 1. The predicted molar refractivity (Wildman–Crippen MR) is 98.4 cm³/mol. The minimum atomic E-state index is -0.00947. The van der Waals surface area contributed by atoms with Gasteiger partial charge in [-0.3, -0.25) is 4.79 Å². The first kappa shape index (κ1) is 19.3. The molecule has 1 heterocycles. The van der Waals surface area contributed by atoms with Gasteiger partial charge in [0.05, 0.1) is 0 Å². The van der Waals surface area contributed by atoms with Crippen LogP contribution in [-0.4, -0.2) is 43.4 Å². The van der Waals surface area contributed by atoms with Gasteiger partial charge in [0.1, 0.15) is 11.9 Å². The summed E-state index contributed by atoms with van der Waals surface area (Å²) in [7, 11) is 0. The molecule has 0 aliphatic carbocycles. The number of amides is 1. The SMILES string of the molecule is O=C(CCCO)NCCCC#Cc1cccc(OC2CCNCC2)c1. The molecule has 3 N–H and O–H groups in total. The highest BCUT2D eigenvalue weighted by atomic mass is 16.5. The molecule has 0 unspecified atom stereocenters. The van der Waals surface area contributed by atoms with Crippen molar-refractivity contribution in [3.05, 3.63) is 29.8 Å². The normalized spacial score (nSPS) is 14.4. The number of nitrogens with one attached hydrogen (secondary N) is 2. The lowest BCUT2D eigenvalue weighted by Gasteiger charge is -2.23. The summed E-state index contributed by atoms with van der Waals surface area (Å²) in [6.07, 6.45) is 4.83. The summed E-state index contributed by atoms with van der Waals surface area (Å²) in [5, 5.41) is 14.8. The van der Waals surface area contributed by atoms with Crippen LogP contribution in [0.2, 0.25) is 0 Å². The number of benzene rings is 1. The van der Waals surface area contributed by atoms with Gasteiger partial charge >= 0.3 is 0 Å². The molecular formula is C20H28N2O3. The van der Waals surface area contributed by atoms with E-state index in [1.54, 1.807) is 0 Å². The molecule has 25 heavy (non-hydrogen) atoms. The number of carbonyl (C=O) groups excluding carboxylic acids is 1. The van der Waals surface area contributed by atoms with Crippen molar-refractivity contribution < 1.29 is 14.6 Å². The van der Waals surface area contributed by atoms with Crippen LogP contribution in [0.3, 0.4) is 0 Å². The maximum Gasteiger partial charge on any atom is 0.220 e. The second-order valence-corrected chi connectivity index (χ2v) is 6.18. The summed E-state index contributed by atoms with van der Waals surface area (Å²) in [5.74, 6) is 7.17. The fourth-order valence-electron chi connectivity index (χ4n) is 2.65. The van der Waals surface area contributed by atoms with E-state index < -0.39 is 0 Å². The van der Waals surface area contributed by atoms with Crippen molar-refractivity contribution in [2.45, 2.75) is 44.6 Å². The Morgan fingerprint density at radius 1 is 1.32 bits per heavy atom. The Morgan fingerprint density at radius 3 is 2.96 bits per heavy atom. The first-order valence-corrected chi connectivity index (χ1v) is 9.12. The summed E-state index contributed by atoms with van der Waals surface area (Å²) in [5.41, 5.74) is 0.957. The van der Waals surface area contributed by atoms with Gasteiger partial charge in [-0.2, -0.15) is 0 Å². The molecule has 0 radical (unpaired) electrons. The summed E-state index contributed by atoms with van der Waals surface area (Å²) in [4.78, 5) is 11.4. The second kappa shape index (κ2) is 11.5. The monoisotopic (exact) mass is 344 g/mol. The number of rotatable bonds is 8. The van der Waals surface area contributed by atoms with Crippen LogP contribution >= 0.6 is 0 Å². The highest BCUT2D eigenvalue weighted by Gasteiger charge is 2.14. The van der Waals surface area contributed by atoms with E-state index in [0.29, 0.717) is 25.5 Å². The smallest absolute Gasteiger partial charge is 0.220 e. The standard InChI is InChI=1S/C20H28N2O3/c23-15-5-9-20(24)22-12-3-1-2-6-17-7-4-8-19(16-17)25-18-10-13-21-14-11-18/h4,7-8,16,18,21,23H,1,3,5,9-15H2,(H,22,24). The molecule has 1 aromatic rings. The Labute approximate surface area is 150 Å². The molecule has 136 valence electrons. The number of ether oxygens (including phenoxy) is 1. The van der Waals surface area contributed by atoms with Crippen LogP contribution in [0.25, 0.3) is 0 Å². The Kier molecular flexibility index (Phi) is 8.89. The van der Waals surface area contributed by atoms with Gasteiger partial charge in [0.15, 0.2) is 0 Å². The zero-order valence-corrected chi connectivity index (χ0v) is 14.7.